The van der Waals surface area contributed by atoms with Crippen LogP contribution in [0.15, 0.2) is 17.3 Å². The topological polar surface area (TPSA) is 71.8 Å². The number of benzene rings is 1. The number of thioether (sulfide) groups is 1. The summed E-state index contributed by atoms with van der Waals surface area (Å²) in [6, 6.07) is 2.08. The molecule has 0 saturated heterocycles. The average molecular weight is 257 g/mol. The molecule has 0 bridgehead atoms. The highest BCUT2D eigenvalue weighted by molar-refractivity contribution is 7.99. The Morgan fingerprint density at radius 3 is 2.82 bits per heavy atom. The van der Waals surface area contributed by atoms with Crippen LogP contribution in [0.4, 0.5) is 8.78 Å². The van der Waals surface area contributed by atoms with Crippen molar-refractivity contribution >= 4 is 28.7 Å². The van der Waals surface area contributed by atoms with E-state index in [1.165, 1.54) is 11.8 Å². The zero-order valence-corrected chi connectivity index (χ0v) is 9.48. The lowest BCUT2D eigenvalue weighted by Gasteiger charge is -1.93. The van der Waals surface area contributed by atoms with Gasteiger partial charge in [0.15, 0.2) is 16.8 Å². The third kappa shape index (κ3) is 2.73. The van der Waals surface area contributed by atoms with Gasteiger partial charge in [-0.1, -0.05) is 11.8 Å². The lowest BCUT2D eigenvalue weighted by atomic mass is 10.3. The van der Waals surface area contributed by atoms with E-state index in [1.807, 2.05) is 0 Å². The molecule has 4 nitrogen and oxygen atoms in total. The first-order valence-electron chi connectivity index (χ1n) is 4.82. The number of carbonyl (C=O) groups excluding carboxylic acids is 1. The van der Waals surface area contributed by atoms with Gasteiger partial charge in [-0.2, -0.15) is 0 Å². The fourth-order valence-electron chi connectivity index (χ4n) is 1.30. The summed E-state index contributed by atoms with van der Waals surface area (Å²) in [7, 11) is 0. The van der Waals surface area contributed by atoms with Crippen LogP contribution >= 0.6 is 11.8 Å². The van der Waals surface area contributed by atoms with Crippen LogP contribution in [0.25, 0.3) is 11.0 Å². The van der Waals surface area contributed by atoms with E-state index < -0.39 is 17.5 Å². The van der Waals surface area contributed by atoms with E-state index in [9.17, 15) is 13.6 Å². The molecule has 1 amide bonds. The number of rotatable bonds is 4. The second-order valence-corrected chi connectivity index (χ2v) is 4.47. The van der Waals surface area contributed by atoms with E-state index >= 15 is 0 Å². The number of hydrogen-bond donors (Lipinski definition) is 2. The van der Waals surface area contributed by atoms with Gasteiger partial charge in [-0.3, -0.25) is 4.79 Å². The highest BCUT2D eigenvalue weighted by Crippen LogP contribution is 2.21. The SMILES string of the molecule is NC(=O)CCSc1nc2cc(F)c(F)cc2[nH]1. The molecule has 7 heteroatoms. The van der Waals surface area contributed by atoms with Crippen molar-refractivity contribution in [3.05, 3.63) is 23.8 Å². The van der Waals surface area contributed by atoms with Crippen molar-refractivity contribution in [3.8, 4) is 0 Å². The number of aromatic nitrogens is 2. The first kappa shape index (κ1) is 11.8. The summed E-state index contributed by atoms with van der Waals surface area (Å²) < 4.78 is 25.8. The molecule has 0 spiro atoms. The summed E-state index contributed by atoms with van der Waals surface area (Å²) in [5.74, 6) is -1.78. The molecule has 2 aromatic rings. The van der Waals surface area contributed by atoms with Crippen LogP contribution in [-0.4, -0.2) is 21.6 Å². The molecular weight excluding hydrogens is 248 g/mol. The van der Waals surface area contributed by atoms with Gasteiger partial charge in [0.05, 0.1) is 11.0 Å². The maximum absolute atomic E-state index is 12.9. The number of H-pyrrole nitrogens is 1. The number of imidazole rings is 1. The van der Waals surface area contributed by atoms with Crippen LogP contribution in [0.5, 0.6) is 0 Å². The number of halogens is 2. The number of amides is 1. The predicted octanol–water partition coefficient (Wildman–Crippen LogP) is 1.81. The van der Waals surface area contributed by atoms with Crippen molar-refractivity contribution in [1.82, 2.24) is 9.97 Å². The first-order valence-corrected chi connectivity index (χ1v) is 5.80. The number of nitrogens with zero attached hydrogens (tertiary/aromatic N) is 1. The minimum absolute atomic E-state index is 0.227. The molecule has 0 aliphatic rings. The Bertz CT molecular complexity index is 531. The minimum Gasteiger partial charge on any atom is -0.370 e. The number of nitrogens with one attached hydrogen (secondary N) is 1. The zero-order chi connectivity index (χ0) is 12.4. The standard InChI is InChI=1S/C10H9F2N3OS/c11-5-3-7-8(4-6(5)12)15-10(14-7)17-2-1-9(13)16/h3-4H,1-2H2,(H2,13,16)(H,14,15). The van der Waals surface area contributed by atoms with Crippen LogP contribution in [0.3, 0.4) is 0 Å². The van der Waals surface area contributed by atoms with E-state index in [1.54, 1.807) is 0 Å². The summed E-state index contributed by atoms with van der Waals surface area (Å²) in [5.41, 5.74) is 5.76. The number of carbonyl (C=O) groups is 1. The van der Waals surface area contributed by atoms with Crippen LogP contribution < -0.4 is 5.73 Å². The molecule has 0 aliphatic heterocycles. The molecule has 1 aromatic carbocycles. The number of fused-ring (bicyclic) bond motifs is 1. The molecule has 0 unspecified atom stereocenters. The van der Waals surface area contributed by atoms with E-state index in [0.717, 1.165) is 12.1 Å². The average Bonchev–Trinajstić information content (AvgIpc) is 2.60. The van der Waals surface area contributed by atoms with Crippen molar-refractivity contribution < 1.29 is 13.6 Å². The van der Waals surface area contributed by atoms with E-state index in [0.29, 0.717) is 21.9 Å². The van der Waals surface area contributed by atoms with Crippen molar-refractivity contribution in [2.24, 2.45) is 5.73 Å². The van der Waals surface area contributed by atoms with E-state index in [4.69, 9.17) is 5.73 Å². The molecule has 90 valence electrons. The second-order valence-electron chi connectivity index (χ2n) is 3.39. The predicted molar refractivity (Wildman–Crippen MR) is 60.5 cm³/mol. The zero-order valence-electron chi connectivity index (χ0n) is 8.67. The first-order chi connectivity index (χ1) is 8.06. The molecule has 0 atom stereocenters. The highest BCUT2D eigenvalue weighted by Gasteiger charge is 2.09. The van der Waals surface area contributed by atoms with Crippen molar-refractivity contribution in [2.45, 2.75) is 11.6 Å². The molecule has 17 heavy (non-hydrogen) atoms. The maximum Gasteiger partial charge on any atom is 0.218 e. The van der Waals surface area contributed by atoms with Crippen LogP contribution in [-0.2, 0) is 4.79 Å². The van der Waals surface area contributed by atoms with E-state index in [2.05, 4.69) is 9.97 Å². The van der Waals surface area contributed by atoms with E-state index in [-0.39, 0.29) is 6.42 Å². The Balaban J connectivity index is 2.17. The van der Waals surface area contributed by atoms with Gasteiger partial charge in [-0.05, 0) is 0 Å². The molecule has 2 rings (SSSR count). The summed E-state index contributed by atoms with van der Waals surface area (Å²) >= 11 is 1.27. The third-order valence-electron chi connectivity index (χ3n) is 2.09. The second kappa shape index (κ2) is 4.70. The Hall–Kier alpha value is -1.63. The van der Waals surface area contributed by atoms with Crippen LogP contribution in [0.1, 0.15) is 6.42 Å². The van der Waals surface area contributed by atoms with Gasteiger partial charge >= 0.3 is 0 Å². The minimum atomic E-state index is -0.933. The number of hydrogen-bond acceptors (Lipinski definition) is 3. The lowest BCUT2D eigenvalue weighted by molar-refractivity contribution is -0.117. The van der Waals surface area contributed by atoms with Crippen molar-refractivity contribution in [1.29, 1.82) is 0 Å². The molecule has 0 fully saturated rings. The van der Waals surface area contributed by atoms with Gasteiger partial charge < -0.3 is 10.7 Å². The number of primary amides is 1. The Morgan fingerprint density at radius 2 is 2.12 bits per heavy atom. The lowest BCUT2D eigenvalue weighted by Crippen LogP contribution is -2.10. The smallest absolute Gasteiger partial charge is 0.218 e. The molecular formula is C10H9F2N3OS. The molecule has 0 radical (unpaired) electrons. The maximum atomic E-state index is 12.9. The normalized spacial score (nSPS) is 10.9. The Kier molecular flexibility index (Phi) is 3.28. The Labute approximate surface area is 99.6 Å². The Morgan fingerprint density at radius 1 is 1.41 bits per heavy atom. The summed E-state index contributed by atoms with van der Waals surface area (Å²) in [5, 5.41) is 0.506. The number of nitrogens with two attached hydrogens (primary N) is 1. The van der Waals surface area contributed by atoms with Gasteiger partial charge in [0.1, 0.15) is 0 Å². The number of aromatic amines is 1. The van der Waals surface area contributed by atoms with Crippen LogP contribution in [0, 0.1) is 11.6 Å². The third-order valence-corrected chi connectivity index (χ3v) is 2.96. The van der Waals surface area contributed by atoms with Gasteiger partial charge in [0.25, 0.3) is 0 Å². The fourth-order valence-corrected chi connectivity index (χ4v) is 2.14. The quantitative estimate of drug-likeness (QED) is 0.820. The highest BCUT2D eigenvalue weighted by atomic mass is 32.2. The van der Waals surface area contributed by atoms with Gasteiger partial charge in [0, 0.05) is 24.3 Å². The summed E-state index contributed by atoms with van der Waals surface area (Å²) in [6.45, 7) is 0. The molecule has 1 heterocycles. The van der Waals surface area contributed by atoms with Crippen LogP contribution in [0.2, 0.25) is 0 Å². The fraction of sp³-hybridized carbons (Fsp3) is 0.200. The molecule has 3 N–H and O–H groups in total. The molecule has 0 aliphatic carbocycles. The van der Waals surface area contributed by atoms with Gasteiger partial charge in [-0.15, -0.1) is 0 Å². The van der Waals surface area contributed by atoms with Crippen molar-refractivity contribution in [2.75, 3.05) is 5.75 Å². The van der Waals surface area contributed by atoms with Gasteiger partial charge in [0.2, 0.25) is 5.91 Å². The largest absolute Gasteiger partial charge is 0.370 e. The van der Waals surface area contributed by atoms with Gasteiger partial charge in [-0.25, -0.2) is 13.8 Å². The van der Waals surface area contributed by atoms with Crippen molar-refractivity contribution in [3.63, 3.8) is 0 Å². The monoisotopic (exact) mass is 257 g/mol. The summed E-state index contributed by atoms with van der Waals surface area (Å²) in [6.07, 6.45) is 0.227. The molecule has 1 aromatic heterocycles. The molecule has 0 saturated carbocycles. The summed E-state index contributed by atoms with van der Waals surface area (Å²) in [4.78, 5) is 17.4.